The van der Waals surface area contributed by atoms with Crippen molar-refractivity contribution in [3.05, 3.63) is 23.9 Å². The maximum Gasteiger partial charge on any atom is 0.236 e. The zero-order chi connectivity index (χ0) is 12.3. The van der Waals surface area contributed by atoms with Gasteiger partial charge in [-0.2, -0.15) is 0 Å². The number of hydrogen-bond donors (Lipinski definition) is 0. The van der Waals surface area contributed by atoms with Crippen LogP contribution >= 0.6 is 0 Å². The van der Waals surface area contributed by atoms with Crippen molar-refractivity contribution in [2.45, 2.75) is 6.54 Å². The fraction of sp³-hybridized carbons (Fsp3) is 0.500. The molecule has 0 spiro atoms. The van der Waals surface area contributed by atoms with Crippen molar-refractivity contribution < 1.29 is 9.53 Å². The second-order valence-electron chi connectivity index (χ2n) is 4.23. The Bertz CT molecular complexity index is 391. The molecule has 0 aliphatic carbocycles. The molecule has 1 aliphatic rings. The van der Waals surface area contributed by atoms with Crippen LogP contribution in [0.3, 0.4) is 0 Å². The number of nitrogens with zero attached hydrogens (tertiary/aromatic N) is 3. The van der Waals surface area contributed by atoms with E-state index in [-0.39, 0.29) is 5.91 Å². The van der Waals surface area contributed by atoms with Crippen LogP contribution in [0.2, 0.25) is 0 Å². The highest BCUT2D eigenvalue weighted by atomic mass is 16.5. The van der Waals surface area contributed by atoms with Crippen LogP contribution in [0.4, 0.5) is 0 Å². The average Bonchev–Trinajstić information content (AvgIpc) is 2.35. The van der Waals surface area contributed by atoms with Gasteiger partial charge >= 0.3 is 0 Å². The highest BCUT2D eigenvalue weighted by Crippen LogP contribution is 2.10. The van der Waals surface area contributed by atoms with E-state index < -0.39 is 0 Å². The van der Waals surface area contributed by atoms with Gasteiger partial charge in [0.2, 0.25) is 11.8 Å². The second-order valence-corrected chi connectivity index (χ2v) is 4.23. The molecule has 0 aromatic carbocycles. The minimum Gasteiger partial charge on any atom is -0.481 e. The molecule has 1 amide bonds. The molecule has 2 heterocycles. The van der Waals surface area contributed by atoms with E-state index in [0.29, 0.717) is 12.4 Å². The van der Waals surface area contributed by atoms with Crippen molar-refractivity contribution in [1.29, 1.82) is 0 Å². The topological polar surface area (TPSA) is 45.7 Å². The van der Waals surface area contributed by atoms with Gasteiger partial charge in [-0.1, -0.05) is 6.07 Å². The smallest absolute Gasteiger partial charge is 0.236 e. The second kappa shape index (κ2) is 5.14. The largest absolute Gasteiger partial charge is 0.481 e. The fourth-order valence-corrected chi connectivity index (χ4v) is 1.83. The summed E-state index contributed by atoms with van der Waals surface area (Å²) >= 11 is 0. The first-order valence-corrected chi connectivity index (χ1v) is 5.64. The maximum absolute atomic E-state index is 11.5. The lowest BCUT2D eigenvalue weighted by Gasteiger charge is -2.31. The van der Waals surface area contributed by atoms with Gasteiger partial charge < -0.3 is 9.64 Å². The van der Waals surface area contributed by atoms with Crippen LogP contribution in [0.15, 0.2) is 18.3 Å². The van der Waals surface area contributed by atoms with Crippen LogP contribution in [-0.2, 0) is 11.3 Å². The molecular weight excluding hydrogens is 218 g/mol. The number of carbonyl (C=O) groups excluding carboxylic acids is 1. The lowest BCUT2D eigenvalue weighted by molar-refractivity contribution is -0.134. The molecule has 0 atom stereocenters. The Balaban J connectivity index is 1.94. The molecule has 0 radical (unpaired) electrons. The van der Waals surface area contributed by atoms with Gasteiger partial charge in [-0.05, 0) is 5.56 Å². The molecule has 0 bridgehead atoms. The third-order valence-electron chi connectivity index (χ3n) is 2.95. The van der Waals surface area contributed by atoms with Crippen LogP contribution in [0.25, 0.3) is 0 Å². The van der Waals surface area contributed by atoms with Crippen molar-refractivity contribution in [3.8, 4) is 5.88 Å². The predicted octanol–water partition coefficient (Wildman–Crippen LogP) is 0.364. The van der Waals surface area contributed by atoms with Gasteiger partial charge in [0.25, 0.3) is 0 Å². The fourth-order valence-electron chi connectivity index (χ4n) is 1.83. The highest BCUT2D eigenvalue weighted by molar-refractivity contribution is 5.78. The van der Waals surface area contributed by atoms with Crippen molar-refractivity contribution in [2.24, 2.45) is 0 Å². The minimum atomic E-state index is 0.178. The Labute approximate surface area is 101 Å². The van der Waals surface area contributed by atoms with E-state index in [9.17, 15) is 4.79 Å². The molecule has 0 N–H and O–H groups in total. The van der Waals surface area contributed by atoms with Crippen molar-refractivity contribution in [2.75, 3.05) is 33.8 Å². The van der Waals surface area contributed by atoms with E-state index >= 15 is 0 Å². The van der Waals surface area contributed by atoms with Crippen LogP contribution in [-0.4, -0.2) is 54.5 Å². The van der Waals surface area contributed by atoms with Gasteiger partial charge in [-0.3, -0.25) is 9.69 Å². The number of likely N-dealkylation sites (N-methyl/N-ethyl adjacent to an activating group) is 1. The van der Waals surface area contributed by atoms with Gasteiger partial charge in [0.05, 0.1) is 13.7 Å². The van der Waals surface area contributed by atoms with Gasteiger partial charge in [0, 0.05) is 38.9 Å². The van der Waals surface area contributed by atoms with Crippen molar-refractivity contribution in [3.63, 3.8) is 0 Å². The number of rotatable bonds is 3. The number of ether oxygens (including phenoxy) is 1. The Morgan fingerprint density at radius 1 is 1.41 bits per heavy atom. The molecule has 5 nitrogen and oxygen atoms in total. The lowest BCUT2D eigenvalue weighted by Crippen LogP contribution is -2.47. The average molecular weight is 235 g/mol. The summed E-state index contributed by atoms with van der Waals surface area (Å²) in [5, 5.41) is 0. The predicted molar refractivity (Wildman–Crippen MR) is 63.7 cm³/mol. The first-order chi connectivity index (χ1) is 8.19. The Morgan fingerprint density at radius 3 is 2.82 bits per heavy atom. The van der Waals surface area contributed by atoms with Crippen molar-refractivity contribution >= 4 is 5.91 Å². The molecule has 0 unspecified atom stereocenters. The van der Waals surface area contributed by atoms with E-state index in [0.717, 1.165) is 25.2 Å². The first-order valence-electron chi connectivity index (χ1n) is 5.64. The Hall–Kier alpha value is -1.62. The number of amides is 1. The summed E-state index contributed by atoms with van der Waals surface area (Å²) in [6.45, 7) is 2.95. The van der Waals surface area contributed by atoms with E-state index in [1.54, 1.807) is 18.2 Å². The summed E-state index contributed by atoms with van der Waals surface area (Å²) in [6, 6.07) is 3.82. The molecule has 17 heavy (non-hydrogen) atoms. The molecule has 5 heteroatoms. The summed E-state index contributed by atoms with van der Waals surface area (Å²) in [7, 11) is 3.44. The molecular formula is C12H17N3O2. The maximum atomic E-state index is 11.5. The highest BCUT2D eigenvalue weighted by Gasteiger charge is 2.20. The number of methoxy groups -OCH3 is 1. The Kier molecular flexibility index (Phi) is 3.58. The number of aromatic nitrogens is 1. The molecule has 1 fully saturated rings. The standard InChI is InChI=1S/C12H17N3O2/c1-14-5-6-15(9-12(14)16)8-10-3-4-11(17-2)13-7-10/h3-4,7H,5-6,8-9H2,1-2H3. The summed E-state index contributed by atoms with van der Waals surface area (Å²) in [5.41, 5.74) is 1.10. The molecule has 1 aromatic rings. The lowest BCUT2D eigenvalue weighted by atomic mass is 10.2. The van der Waals surface area contributed by atoms with Gasteiger partial charge in [0.15, 0.2) is 0 Å². The van der Waals surface area contributed by atoms with Gasteiger partial charge in [0.1, 0.15) is 0 Å². The van der Waals surface area contributed by atoms with Crippen LogP contribution in [0, 0.1) is 0 Å². The summed E-state index contributed by atoms with van der Waals surface area (Å²) in [5.74, 6) is 0.793. The summed E-state index contributed by atoms with van der Waals surface area (Å²) in [4.78, 5) is 19.6. The van der Waals surface area contributed by atoms with Gasteiger partial charge in [-0.15, -0.1) is 0 Å². The molecule has 1 aromatic heterocycles. The third kappa shape index (κ3) is 2.94. The van der Waals surface area contributed by atoms with Gasteiger partial charge in [-0.25, -0.2) is 4.98 Å². The van der Waals surface area contributed by atoms with E-state index in [2.05, 4.69) is 9.88 Å². The molecule has 92 valence electrons. The normalized spacial score (nSPS) is 17.3. The molecule has 1 aliphatic heterocycles. The molecule has 0 saturated carbocycles. The SMILES string of the molecule is COc1ccc(CN2CCN(C)C(=O)C2)cn1. The summed E-state index contributed by atoms with van der Waals surface area (Å²) < 4.78 is 5.00. The monoisotopic (exact) mass is 235 g/mol. The number of hydrogen-bond acceptors (Lipinski definition) is 4. The van der Waals surface area contributed by atoms with Crippen LogP contribution < -0.4 is 4.74 Å². The number of piperazine rings is 1. The van der Waals surface area contributed by atoms with Crippen LogP contribution in [0.5, 0.6) is 5.88 Å². The quantitative estimate of drug-likeness (QED) is 0.759. The van der Waals surface area contributed by atoms with Crippen molar-refractivity contribution in [1.82, 2.24) is 14.8 Å². The summed E-state index contributed by atoms with van der Waals surface area (Å²) in [6.07, 6.45) is 1.79. The van der Waals surface area contributed by atoms with Crippen LogP contribution in [0.1, 0.15) is 5.56 Å². The number of pyridine rings is 1. The zero-order valence-corrected chi connectivity index (χ0v) is 10.2. The zero-order valence-electron chi connectivity index (χ0n) is 10.2. The minimum absolute atomic E-state index is 0.178. The Morgan fingerprint density at radius 2 is 2.24 bits per heavy atom. The van der Waals surface area contributed by atoms with E-state index in [1.807, 2.05) is 19.2 Å². The van der Waals surface area contributed by atoms with E-state index in [1.165, 1.54) is 0 Å². The molecule has 2 rings (SSSR count). The third-order valence-corrected chi connectivity index (χ3v) is 2.95. The first kappa shape index (κ1) is 11.9. The van der Waals surface area contributed by atoms with E-state index in [4.69, 9.17) is 4.74 Å². The molecule has 1 saturated heterocycles. The number of carbonyl (C=O) groups is 1.